The number of hydrogen-bond donors (Lipinski definition) is 1. The number of allylic oxidation sites excluding steroid dienone is 3. The highest BCUT2D eigenvalue weighted by Gasteiger charge is 2.11. The Labute approximate surface area is 229 Å². The lowest BCUT2D eigenvalue weighted by Gasteiger charge is -2.15. The number of hydrogen-bond acceptors (Lipinski definition) is 3. The van der Waals surface area contributed by atoms with E-state index in [1.807, 2.05) is 0 Å². The first kappa shape index (κ1) is 35.4. The van der Waals surface area contributed by atoms with E-state index in [9.17, 15) is 9.59 Å². The summed E-state index contributed by atoms with van der Waals surface area (Å²) in [6, 6.07) is 0. The number of carbonyl (C=O) groups excluding carboxylic acids is 1. The van der Waals surface area contributed by atoms with Gasteiger partial charge < -0.3 is 9.84 Å². The molecule has 1 N–H and O–H groups in total. The van der Waals surface area contributed by atoms with Crippen LogP contribution in [0.25, 0.3) is 0 Å². The second-order valence-corrected chi connectivity index (χ2v) is 10.6. The first-order chi connectivity index (χ1) is 18.1. The minimum absolute atomic E-state index is 0.0740. The molecule has 0 spiro atoms. The van der Waals surface area contributed by atoms with Crippen LogP contribution in [0.2, 0.25) is 0 Å². The molecule has 0 rings (SSSR count). The molecule has 0 aliphatic carbocycles. The van der Waals surface area contributed by atoms with Gasteiger partial charge in [-0.1, -0.05) is 109 Å². The molecule has 0 radical (unpaired) electrons. The molecule has 0 aromatic carbocycles. The standard InChI is InChI=1S/C33H60O4/c1-3-5-7-9-11-13-14-15-16-18-20-26-30-33(36)37-31(28-24-21-22-25-29-32(34)35)27-23-19-17-12-10-8-6-4-2/h11,13,23,27,31H,3-10,12,14-22,24-26,28-30H2,1-2H3,(H,34,35)/b13-11-,27-23-. The van der Waals surface area contributed by atoms with Gasteiger partial charge in [0.1, 0.15) is 6.10 Å². The third-order valence-corrected chi connectivity index (χ3v) is 6.88. The van der Waals surface area contributed by atoms with Crippen molar-refractivity contribution in [3.63, 3.8) is 0 Å². The van der Waals surface area contributed by atoms with Crippen LogP contribution in [0.5, 0.6) is 0 Å². The normalized spacial score (nSPS) is 12.5. The molecule has 0 bridgehead atoms. The monoisotopic (exact) mass is 520 g/mol. The van der Waals surface area contributed by atoms with E-state index in [2.05, 4.69) is 38.2 Å². The maximum Gasteiger partial charge on any atom is 0.306 e. The number of ether oxygens (including phenoxy) is 1. The van der Waals surface area contributed by atoms with E-state index in [1.54, 1.807) is 0 Å². The number of esters is 1. The van der Waals surface area contributed by atoms with Crippen LogP contribution in [-0.4, -0.2) is 23.1 Å². The van der Waals surface area contributed by atoms with Crippen LogP contribution < -0.4 is 0 Å². The molecule has 0 amide bonds. The lowest BCUT2D eigenvalue weighted by molar-refractivity contribution is -0.147. The Bertz CT molecular complexity index is 567. The molecule has 0 aliphatic heterocycles. The van der Waals surface area contributed by atoms with Crippen LogP contribution in [0.15, 0.2) is 24.3 Å². The summed E-state index contributed by atoms with van der Waals surface area (Å²) in [5.74, 6) is -0.797. The molecular formula is C33H60O4. The van der Waals surface area contributed by atoms with Crippen LogP contribution in [0.4, 0.5) is 0 Å². The Morgan fingerprint density at radius 1 is 0.595 bits per heavy atom. The fourth-order valence-corrected chi connectivity index (χ4v) is 4.50. The Hall–Kier alpha value is -1.58. The van der Waals surface area contributed by atoms with Gasteiger partial charge >= 0.3 is 11.9 Å². The Balaban J connectivity index is 4.10. The summed E-state index contributed by atoms with van der Waals surface area (Å²) >= 11 is 0. The maximum absolute atomic E-state index is 12.5. The molecule has 0 aromatic heterocycles. The van der Waals surface area contributed by atoms with E-state index < -0.39 is 5.97 Å². The molecular weight excluding hydrogens is 460 g/mol. The van der Waals surface area contributed by atoms with E-state index in [1.165, 1.54) is 89.9 Å². The molecule has 0 fully saturated rings. The summed E-state index contributed by atoms with van der Waals surface area (Å²) < 4.78 is 5.83. The van der Waals surface area contributed by atoms with Crippen LogP contribution in [0.1, 0.15) is 168 Å². The molecule has 0 saturated heterocycles. The molecule has 1 atom stereocenters. The van der Waals surface area contributed by atoms with E-state index in [0.717, 1.165) is 51.4 Å². The lowest BCUT2D eigenvalue weighted by atomic mass is 10.1. The van der Waals surface area contributed by atoms with E-state index in [0.29, 0.717) is 6.42 Å². The third kappa shape index (κ3) is 28.8. The zero-order chi connectivity index (χ0) is 27.2. The summed E-state index contributed by atoms with van der Waals surface area (Å²) in [7, 11) is 0. The van der Waals surface area contributed by atoms with Gasteiger partial charge in [-0.2, -0.15) is 0 Å². The van der Waals surface area contributed by atoms with Crippen molar-refractivity contribution in [1.82, 2.24) is 0 Å². The molecule has 37 heavy (non-hydrogen) atoms. The quantitative estimate of drug-likeness (QED) is 0.0633. The SMILES string of the molecule is CCCCC/C=C\CCCCCCCC(=O)OC(/C=C\CCCCCCCC)CCCCCCC(=O)O. The number of carboxylic acids is 1. The van der Waals surface area contributed by atoms with E-state index in [-0.39, 0.29) is 18.5 Å². The van der Waals surface area contributed by atoms with Crippen molar-refractivity contribution in [2.75, 3.05) is 0 Å². The Morgan fingerprint density at radius 3 is 1.68 bits per heavy atom. The van der Waals surface area contributed by atoms with Gasteiger partial charge in [-0.25, -0.2) is 0 Å². The van der Waals surface area contributed by atoms with Crippen LogP contribution >= 0.6 is 0 Å². The number of rotatable bonds is 28. The predicted molar refractivity (Wildman–Crippen MR) is 158 cm³/mol. The van der Waals surface area contributed by atoms with Gasteiger partial charge in [0.15, 0.2) is 0 Å². The highest BCUT2D eigenvalue weighted by Crippen LogP contribution is 2.15. The topological polar surface area (TPSA) is 63.6 Å². The second-order valence-electron chi connectivity index (χ2n) is 10.6. The summed E-state index contributed by atoms with van der Waals surface area (Å²) in [6.45, 7) is 4.48. The molecule has 0 saturated carbocycles. The lowest BCUT2D eigenvalue weighted by Crippen LogP contribution is -2.16. The first-order valence-electron chi connectivity index (χ1n) is 15.8. The number of unbranched alkanes of at least 4 members (excludes halogenated alkanes) is 17. The summed E-state index contributed by atoms with van der Waals surface area (Å²) in [4.78, 5) is 23.1. The predicted octanol–water partition coefficient (Wildman–Crippen LogP) is 10.5. The largest absolute Gasteiger partial charge is 0.481 e. The average molecular weight is 521 g/mol. The molecule has 4 heteroatoms. The van der Waals surface area contributed by atoms with Crippen molar-refractivity contribution in [3.8, 4) is 0 Å². The highest BCUT2D eigenvalue weighted by atomic mass is 16.5. The smallest absolute Gasteiger partial charge is 0.306 e. The third-order valence-electron chi connectivity index (χ3n) is 6.88. The van der Waals surface area contributed by atoms with Crippen molar-refractivity contribution in [3.05, 3.63) is 24.3 Å². The minimum atomic E-state index is -0.723. The Morgan fingerprint density at radius 2 is 1.05 bits per heavy atom. The number of carboxylic acid groups (broad SMARTS) is 1. The van der Waals surface area contributed by atoms with E-state index >= 15 is 0 Å². The van der Waals surface area contributed by atoms with Crippen molar-refractivity contribution in [2.45, 2.75) is 174 Å². The molecule has 1 unspecified atom stereocenters. The number of aliphatic carboxylic acids is 1. The van der Waals surface area contributed by atoms with Crippen LogP contribution in [-0.2, 0) is 14.3 Å². The maximum atomic E-state index is 12.5. The van der Waals surface area contributed by atoms with Gasteiger partial charge in [0.2, 0.25) is 0 Å². The zero-order valence-electron chi connectivity index (χ0n) is 24.5. The summed E-state index contributed by atoms with van der Waals surface area (Å²) in [6.07, 6.45) is 34.8. The van der Waals surface area contributed by atoms with Gasteiger partial charge in [0.05, 0.1) is 0 Å². The Kier molecular flexibility index (Phi) is 27.7. The molecule has 216 valence electrons. The van der Waals surface area contributed by atoms with Gasteiger partial charge in [-0.15, -0.1) is 0 Å². The molecule has 0 aliphatic rings. The number of carbonyl (C=O) groups is 2. The van der Waals surface area contributed by atoms with Crippen molar-refractivity contribution in [1.29, 1.82) is 0 Å². The fraction of sp³-hybridized carbons (Fsp3) is 0.818. The molecule has 0 aromatic rings. The average Bonchev–Trinajstić information content (AvgIpc) is 2.87. The van der Waals surface area contributed by atoms with Gasteiger partial charge in [0, 0.05) is 12.8 Å². The van der Waals surface area contributed by atoms with Gasteiger partial charge in [-0.3, -0.25) is 9.59 Å². The van der Waals surface area contributed by atoms with Gasteiger partial charge in [0.25, 0.3) is 0 Å². The zero-order valence-corrected chi connectivity index (χ0v) is 24.5. The highest BCUT2D eigenvalue weighted by molar-refractivity contribution is 5.69. The molecule has 0 heterocycles. The van der Waals surface area contributed by atoms with E-state index in [4.69, 9.17) is 9.84 Å². The van der Waals surface area contributed by atoms with Crippen LogP contribution in [0, 0.1) is 0 Å². The van der Waals surface area contributed by atoms with Crippen molar-refractivity contribution < 1.29 is 19.4 Å². The summed E-state index contributed by atoms with van der Waals surface area (Å²) in [5.41, 5.74) is 0. The van der Waals surface area contributed by atoms with Crippen LogP contribution in [0.3, 0.4) is 0 Å². The van der Waals surface area contributed by atoms with Crippen molar-refractivity contribution >= 4 is 11.9 Å². The molecule has 4 nitrogen and oxygen atoms in total. The van der Waals surface area contributed by atoms with Crippen molar-refractivity contribution in [2.24, 2.45) is 0 Å². The summed E-state index contributed by atoms with van der Waals surface area (Å²) in [5, 5.41) is 8.78. The second kappa shape index (κ2) is 29.0. The fourth-order valence-electron chi connectivity index (χ4n) is 4.50. The first-order valence-corrected chi connectivity index (χ1v) is 15.8. The van der Waals surface area contributed by atoms with Gasteiger partial charge in [-0.05, 0) is 70.3 Å². The minimum Gasteiger partial charge on any atom is -0.481 e.